The lowest BCUT2D eigenvalue weighted by Gasteiger charge is -2.09. The van der Waals surface area contributed by atoms with E-state index in [1.807, 2.05) is 40.3 Å². The summed E-state index contributed by atoms with van der Waals surface area (Å²) in [6.45, 7) is 2.53. The first-order valence-electron chi connectivity index (χ1n) is 12.6. The van der Waals surface area contributed by atoms with Gasteiger partial charge in [0.15, 0.2) is 0 Å². The fourth-order valence-corrected chi connectivity index (χ4v) is 3.69. The van der Waals surface area contributed by atoms with E-state index in [0.717, 1.165) is 44.5 Å². The maximum absolute atomic E-state index is 3.26. The third-order valence-electron chi connectivity index (χ3n) is 5.39. The second-order valence-electron chi connectivity index (χ2n) is 8.51. The van der Waals surface area contributed by atoms with Gasteiger partial charge >= 0.3 is 0 Å². The molecule has 0 aliphatic carbocycles. The van der Waals surface area contributed by atoms with Gasteiger partial charge in [-0.15, -0.1) is 0 Å². The minimum atomic E-state index is 0.633. The van der Waals surface area contributed by atoms with E-state index in [9.17, 15) is 0 Å². The zero-order valence-corrected chi connectivity index (χ0v) is 22.6. The van der Waals surface area contributed by atoms with Crippen LogP contribution in [-0.2, 0) is 0 Å². The summed E-state index contributed by atoms with van der Waals surface area (Å²) in [5, 5.41) is 12.3. The molecule has 0 radical (unpaired) electrons. The summed E-state index contributed by atoms with van der Waals surface area (Å²) in [5.74, 6) is 25.7. The minimum Gasteiger partial charge on any atom is -0.309 e. The Bertz CT molecular complexity index is 1290. The van der Waals surface area contributed by atoms with Gasteiger partial charge in [0, 0.05) is 22.3 Å². The van der Waals surface area contributed by atoms with Crippen LogP contribution in [-0.4, -0.2) is 54.4 Å². The average Bonchev–Trinajstić information content (AvgIpc) is 2.94. The quantitative estimate of drug-likeness (QED) is 0.394. The van der Waals surface area contributed by atoms with Gasteiger partial charge in [0.1, 0.15) is 0 Å². The Balaban J connectivity index is 2.08. The zero-order valence-electron chi connectivity index (χ0n) is 22.6. The van der Waals surface area contributed by atoms with Crippen molar-refractivity contribution in [1.29, 1.82) is 0 Å². The van der Waals surface area contributed by atoms with Crippen molar-refractivity contribution >= 4 is 0 Å². The van der Waals surface area contributed by atoms with Gasteiger partial charge in [0.05, 0.1) is 26.2 Å². The van der Waals surface area contributed by atoms with Gasteiger partial charge in [0.25, 0.3) is 0 Å². The molecular formula is C34H34N4. The SMILES string of the molecule is CNCC#Cc1cc(C#CCNC)cc(-c2cccc(-c3cc(C#CCNC)cc(C#CCNC)c3)c2)c1. The van der Waals surface area contributed by atoms with Crippen molar-refractivity contribution in [2.75, 3.05) is 54.4 Å². The smallest absolute Gasteiger partial charge is 0.0577 e. The highest BCUT2D eigenvalue weighted by Gasteiger charge is 2.07. The maximum atomic E-state index is 3.26. The highest BCUT2D eigenvalue weighted by atomic mass is 14.8. The Hall–Kier alpha value is -4.26. The molecular weight excluding hydrogens is 464 g/mol. The van der Waals surface area contributed by atoms with Gasteiger partial charge in [-0.2, -0.15) is 0 Å². The van der Waals surface area contributed by atoms with Crippen LogP contribution in [0.15, 0.2) is 60.7 Å². The molecule has 190 valence electrons. The molecule has 3 rings (SSSR count). The first kappa shape index (κ1) is 28.3. The highest BCUT2D eigenvalue weighted by Crippen LogP contribution is 2.29. The Morgan fingerprint density at radius 3 is 1.03 bits per heavy atom. The number of rotatable bonds is 6. The molecule has 3 aromatic rings. The van der Waals surface area contributed by atoms with E-state index in [0.29, 0.717) is 26.2 Å². The topological polar surface area (TPSA) is 48.1 Å². The highest BCUT2D eigenvalue weighted by molar-refractivity contribution is 5.76. The molecule has 0 aliphatic heterocycles. The molecule has 0 heterocycles. The van der Waals surface area contributed by atoms with Crippen molar-refractivity contribution < 1.29 is 0 Å². The molecule has 38 heavy (non-hydrogen) atoms. The number of hydrogen-bond acceptors (Lipinski definition) is 4. The summed E-state index contributed by atoms with van der Waals surface area (Å²) < 4.78 is 0. The van der Waals surface area contributed by atoms with E-state index in [2.05, 4.69) is 117 Å². The number of benzene rings is 3. The number of hydrogen-bond donors (Lipinski definition) is 4. The Morgan fingerprint density at radius 1 is 0.421 bits per heavy atom. The van der Waals surface area contributed by atoms with Crippen LogP contribution in [0.25, 0.3) is 22.3 Å². The van der Waals surface area contributed by atoms with E-state index in [-0.39, 0.29) is 0 Å². The fraction of sp³-hybridized carbons (Fsp3) is 0.235. The predicted octanol–water partition coefficient (Wildman–Crippen LogP) is 3.30. The van der Waals surface area contributed by atoms with E-state index in [4.69, 9.17) is 0 Å². The van der Waals surface area contributed by atoms with Gasteiger partial charge in [-0.05, 0) is 92.9 Å². The largest absolute Gasteiger partial charge is 0.309 e. The molecule has 4 nitrogen and oxygen atoms in total. The van der Waals surface area contributed by atoms with Crippen molar-refractivity contribution in [3.8, 4) is 69.6 Å². The molecule has 0 fully saturated rings. The summed E-state index contributed by atoms with van der Waals surface area (Å²) >= 11 is 0. The zero-order chi connectivity index (χ0) is 27.0. The summed E-state index contributed by atoms with van der Waals surface area (Å²) in [5.41, 5.74) is 8.15. The van der Waals surface area contributed by atoms with Crippen LogP contribution in [0.3, 0.4) is 0 Å². The molecule has 0 atom stereocenters. The molecule has 0 spiro atoms. The minimum absolute atomic E-state index is 0.633. The van der Waals surface area contributed by atoms with Gasteiger partial charge in [0.2, 0.25) is 0 Å². The normalized spacial score (nSPS) is 9.58. The fourth-order valence-electron chi connectivity index (χ4n) is 3.69. The summed E-state index contributed by atoms with van der Waals surface area (Å²) in [7, 11) is 7.57. The second kappa shape index (κ2) is 15.8. The molecule has 0 unspecified atom stereocenters. The van der Waals surface area contributed by atoms with Crippen LogP contribution in [0.1, 0.15) is 22.3 Å². The molecule has 0 bridgehead atoms. The van der Waals surface area contributed by atoms with Crippen molar-refractivity contribution in [2.24, 2.45) is 0 Å². The molecule has 0 aliphatic rings. The van der Waals surface area contributed by atoms with Crippen molar-refractivity contribution in [3.63, 3.8) is 0 Å². The first-order valence-corrected chi connectivity index (χ1v) is 12.6. The standard InChI is InChI=1S/C34H34N4/c1-35-16-6-10-27-20-28(11-7-17-36-2)23-33(22-27)31-14-5-15-32(26-31)34-24-29(12-8-18-37-3)21-30(25-34)13-9-19-38-4/h5,14-15,20-26,35-38H,16-19H2,1-4H3. The molecule has 3 aromatic carbocycles. The molecule has 0 amide bonds. The monoisotopic (exact) mass is 498 g/mol. The van der Waals surface area contributed by atoms with Crippen LogP contribution in [0, 0.1) is 47.4 Å². The molecule has 0 saturated carbocycles. The van der Waals surface area contributed by atoms with Gasteiger partial charge in [-0.3, -0.25) is 0 Å². The van der Waals surface area contributed by atoms with Crippen LogP contribution >= 0.6 is 0 Å². The van der Waals surface area contributed by atoms with Gasteiger partial charge in [-0.1, -0.05) is 65.6 Å². The van der Waals surface area contributed by atoms with Gasteiger partial charge in [-0.25, -0.2) is 0 Å². The Labute approximate surface area is 228 Å². The maximum Gasteiger partial charge on any atom is 0.0577 e. The molecule has 0 aromatic heterocycles. The number of nitrogens with one attached hydrogen (secondary N) is 4. The Kier molecular flexibility index (Phi) is 11.7. The van der Waals surface area contributed by atoms with Crippen LogP contribution < -0.4 is 21.3 Å². The summed E-state index contributed by atoms with van der Waals surface area (Å²) in [6, 6.07) is 21.1. The van der Waals surface area contributed by atoms with E-state index in [1.165, 1.54) is 0 Å². The molecule has 4 N–H and O–H groups in total. The van der Waals surface area contributed by atoms with Crippen LogP contribution in [0.4, 0.5) is 0 Å². The predicted molar refractivity (Wildman–Crippen MR) is 161 cm³/mol. The van der Waals surface area contributed by atoms with Crippen LogP contribution in [0.5, 0.6) is 0 Å². The second-order valence-corrected chi connectivity index (χ2v) is 8.51. The van der Waals surface area contributed by atoms with Crippen molar-refractivity contribution in [3.05, 3.63) is 82.9 Å². The van der Waals surface area contributed by atoms with Crippen LogP contribution in [0.2, 0.25) is 0 Å². The lowest BCUT2D eigenvalue weighted by atomic mass is 9.95. The molecule has 0 saturated heterocycles. The third kappa shape index (κ3) is 9.00. The lowest BCUT2D eigenvalue weighted by molar-refractivity contribution is 0.938. The summed E-state index contributed by atoms with van der Waals surface area (Å²) in [6.07, 6.45) is 0. The van der Waals surface area contributed by atoms with Crippen molar-refractivity contribution in [1.82, 2.24) is 21.3 Å². The lowest BCUT2D eigenvalue weighted by Crippen LogP contribution is -2.04. The average molecular weight is 499 g/mol. The van der Waals surface area contributed by atoms with E-state index >= 15 is 0 Å². The summed E-state index contributed by atoms with van der Waals surface area (Å²) in [4.78, 5) is 0. The molecule has 4 heteroatoms. The van der Waals surface area contributed by atoms with Crippen molar-refractivity contribution in [2.45, 2.75) is 0 Å². The van der Waals surface area contributed by atoms with Gasteiger partial charge < -0.3 is 21.3 Å². The van der Waals surface area contributed by atoms with E-state index in [1.54, 1.807) is 0 Å². The Morgan fingerprint density at radius 2 is 0.737 bits per heavy atom. The third-order valence-corrected chi connectivity index (χ3v) is 5.39. The first-order chi connectivity index (χ1) is 18.7. The van der Waals surface area contributed by atoms with E-state index < -0.39 is 0 Å².